The highest BCUT2D eigenvalue weighted by molar-refractivity contribution is 8.00. The van der Waals surface area contributed by atoms with E-state index in [-0.39, 0.29) is 25.2 Å². The summed E-state index contributed by atoms with van der Waals surface area (Å²) in [4.78, 5) is 23.6. The van der Waals surface area contributed by atoms with E-state index in [4.69, 9.17) is 5.11 Å². The van der Waals surface area contributed by atoms with E-state index >= 15 is 0 Å². The van der Waals surface area contributed by atoms with Gasteiger partial charge in [0.15, 0.2) is 9.84 Å². The van der Waals surface area contributed by atoms with Crippen molar-refractivity contribution < 1.29 is 23.1 Å². The lowest BCUT2D eigenvalue weighted by molar-refractivity contribution is -0.137. The molecular weight excluding hydrogens is 278 g/mol. The lowest BCUT2D eigenvalue weighted by Crippen LogP contribution is -2.49. The lowest BCUT2D eigenvalue weighted by Gasteiger charge is -2.34. The van der Waals surface area contributed by atoms with Crippen LogP contribution in [0, 0.1) is 0 Å². The van der Waals surface area contributed by atoms with Gasteiger partial charge in [-0.25, -0.2) is 8.42 Å². The number of sulfone groups is 1. The molecule has 1 aliphatic rings. The molecule has 0 radical (unpaired) electrons. The first kappa shape index (κ1) is 15.3. The highest BCUT2D eigenvalue weighted by Gasteiger charge is 2.33. The van der Waals surface area contributed by atoms with Gasteiger partial charge < -0.3 is 10.0 Å². The van der Waals surface area contributed by atoms with Crippen molar-refractivity contribution in [1.82, 2.24) is 4.90 Å². The van der Waals surface area contributed by atoms with Crippen LogP contribution in [0.15, 0.2) is 0 Å². The van der Waals surface area contributed by atoms with Crippen LogP contribution in [0.2, 0.25) is 0 Å². The summed E-state index contributed by atoms with van der Waals surface area (Å²) in [5.74, 6) is -0.108. The number of aliphatic carboxylic acids is 1. The average molecular weight is 295 g/mol. The maximum Gasteiger partial charge on any atom is 0.303 e. The Hall–Kier alpha value is -0.760. The van der Waals surface area contributed by atoms with Gasteiger partial charge in [-0.1, -0.05) is 0 Å². The Morgan fingerprint density at radius 2 is 2.06 bits per heavy atom. The van der Waals surface area contributed by atoms with E-state index in [2.05, 4.69) is 0 Å². The molecule has 1 atom stereocenters. The van der Waals surface area contributed by atoms with Crippen LogP contribution < -0.4 is 0 Å². The van der Waals surface area contributed by atoms with Crippen molar-refractivity contribution in [3.05, 3.63) is 0 Å². The number of rotatable bonds is 5. The van der Waals surface area contributed by atoms with Crippen LogP contribution in [-0.2, 0) is 19.4 Å². The largest absolute Gasteiger partial charge is 0.481 e. The molecule has 8 heteroatoms. The van der Waals surface area contributed by atoms with E-state index in [0.29, 0.717) is 12.3 Å². The molecular formula is C10H17NO5S2. The Morgan fingerprint density at radius 3 is 2.61 bits per heavy atom. The van der Waals surface area contributed by atoms with Crippen LogP contribution in [0.3, 0.4) is 0 Å². The average Bonchev–Trinajstić information content (AvgIpc) is 2.27. The third kappa shape index (κ3) is 4.49. The van der Waals surface area contributed by atoms with E-state index in [1.54, 1.807) is 0 Å². The third-order valence-electron chi connectivity index (χ3n) is 2.68. The number of carboxylic acids is 1. The minimum Gasteiger partial charge on any atom is -0.481 e. The number of carbonyl (C=O) groups is 2. The number of nitrogens with zero attached hydrogens (tertiary/aromatic N) is 1. The van der Waals surface area contributed by atoms with Crippen molar-refractivity contribution >= 4 is 33.5 Å². The molecule has 0 aromatic carbocycles. The highest BCUT2D eigenvalue weighted by Crippen LogP contribution is 2.21. The Labute approximate surface area is 111 Å². The Balaban J connectivity index is 2.61. The standard InChI is InChI=1S/C10H17NO5S2/c1-18(15,16)9-7-17-6-5-11(9)8(12)3-2-4-10(13)14/h9H,2-7H2,1H3,(H,13,14). The molecule has 1 aliphatic heterocycles. The Morgan fingerprint density at radius 1 is 1.39 bits per heavy atom. The van der Waals surface area contributed by atoms with Crippen LogP contribution in [0.1, 0.15) is 19.3 Å². The fraction of sp³-hybridized carbons (Fsp3) is 0.800. The van der Waals surface area contributed by atoms with Crippen LogP contribution >= 0.6 is 11.8 Å². The smallest absolute Gasteiger partial charge is 0.303 e. The number of carbonyl (C=O) groups excluding carboxylic acids is 1. The summed E-state index contributed by atoms with van der Waals surface area (Å²) in [6.07, 6.45) is 1.39. The van der Waals surface area contributed by atoms with E-state index in [9.17, 15) is 18.0 Å². The molecule has 0 aliphatic carbocycles. The fourth-order valence-electron chi connectivity index (χ4n) is 1.76. The molecule has 1 N–H and O–H groups in total. The van der Waals surface area contributed by atoms with Crippen molar-refractivity contribution in [3.63, 3.8) is 0 Å². The van der Waals surface area contributed by atoms with Gasteiger partial charge in [-0.15, -0.1) is 0 Å². The number of amides is 1. The zero-order valence-corrected chi connectivity index (χ0v) is 11.8. The zero-order valence-electron chi connectivity index (χ0n) is 10.2. The van der Waals surface area contributed by atoms with Gasteiger partial charge in [0.25, 0.3) is 0 Å². The lowest BCUT2D eigenvalue weighted by atomic mass is 10.2. The van der Waals surface area contributed by atoms with E-state index < -0.39 is 21.2 Å². The van der Waals surface area contributed by atoms with Gasteiger partial charge in [-0.05, 0) is 6.42 Å². The molecule has 18 heavy (non-hydrogen) atoms. The Kier molecular flexibility index (Phi) is 5.46. The summed E-state index contributed by atoms with van der Waals surface area (Å²) >= 11 is 1.51. The SMILES string of the molecule is CS(=O)(=O)C1CSCCN1C(=O)CCCC(=O)O. The molecule has 0 aromatic rings. The van der Waals surface area contributed by atoms with E-state index in [1.165, 1.54) is 16.7 Å². The summed E-state index contributed by atoms with van der Waals surface area (Å²) < 4.78 is 23.2. The molecule has 6 nitrogen and oxygen atoms in total. The van der Waals surface area contributed by atoms with Crippen molar-refractivity contribution in [2.75, 3.05) is 24.3 Å². The zero-order chi connectivity index (χ0) is 13.8. The normalized spacial score (nSPS) is 20.7. The molecule has 1 rings (SSSR count). The minimum absolute atomic E-state index is 0.0716. The second-order valence-electron chi connectivity index (χ2n) is 4.19. The van der Waals surface area contributed by atoms with Gasteiger partial charge in [0.2, 0.25) is 5.91 Å². The quantitative estimate of drug-likeness (QED) is 0.778. The summed E-state index contributed by atoms with van der Waals surface area (Å²) in [5.41, 5.74) is 0. The van der Waals surface area contributed by atoms with Crippen LogP contribution in [0.5, 0.6) is 0 Å². The summed E-state index contributed by atoms with van der Waals surface area (Å²) in [6.45, 7) is 0.411. The van der Waals surface area contributed by atoms with E-state index in [1.807, 2.05) is 0 Å². The van der Waals surface area contributed by atoms with Crippen molar-refractivity contribution in [2.24, 2.45) is 0 Å². The van der Waals surface area contributed by atoms with Gasteiger partial charge in [-0.2, -0.15) is 11.8 Å². The number of carboxylic acid groups (broad SMARTS) is 1. The fourth-order valence-corrected chi connectivity index (χ4v) is 4.59. The molecule has 0 bridgehead atoms. The summed E-state index contributed by atoms with van der Waals surface area (Å²) in [5, 5.41) is 7.72. The van der Waals surface area contributed by atoms with Crippen LogP contribution in [0.25, 0.3) is 0 Å². The molecule has 1 saturated heterocycles. The van der Waals surface area contributed by atoms with Gasteiger partial charge >= 0.3 is 5.97 Å². The number of hydrogen-bond acceptors (Lipinski definition) is 5. The molecule has 0 aromatic heterocycles. The van der Waals surface area contributed by atoms with Crippen LogP contribution in [-0.4, -0.2) is 60.0 Å². The first-order chi connectivity index (χ1) is 8.32. The highest BCUT2D eigenvalue weighted by atomic mass is 32.2. The maximum absolute atomic E-state index is 11.9. The second kappa shape index (κ2) is 6.42. The summed E-state index contributed by atoms with van der Waals surface area (Å²) in [6, 6.07) is 0. The molecule has 1 unspecified atom stereocenters. The first-order valence-corrected chi connectivity index (χ1v) is 8.71. The molecule has 1 amide bonds. The van der Waals surface area contributed by atoms with Crippen molar-refractivity contribution in [3.8, 4) is 0 Å². The molecule has 0 spiro atoms. The first-order valence-electron chi connectivity index (χ1n) is 5.60. The number of thioether (sulfide) groups is 1. The topological polar surface area (TPSA) is 91.8 Å². The summed E-state index contributed by atoms with van der Waals surface area (Å²) in [7, 11) is -3.29. The predicted octanol–water partition coefficient (Wildman–Crippen LogP) is 0.187. The molecule has 104 valence electrons. The van der Waals surface area contributed by atoms with Gasteiger partial charge in [0.05, 0.1) is 0 Å². The van der Waals surface area contributed by atoms with Gasteiger partial charge in [0.1, 0.15) is 5.37 Å². The van der Waals surface area contributed by atoms with E-state index in [0.717, 1.165) is 12.0 Å². The Bertz CT molecular complexity index is 420. The van der Waals surface area contributed by atoms with Crippen molar-refractivity contribution in [2.45, 2.75) is 24.6 Å². The number of hydrogen-bond donors (Lipinski definition) is 1. The predicted molar refractivity (Wildman–Crippen MR) is 69.2 cm³/mol. The minimum atomic E-state index is -3.29. The monoisotopic (exact) mass is 295 g/mol. The second-order valence-corrected chi connectivity index (χ2v) is 7.55. The maximum atomic E-state index is 11.9. The molecule has 1 fully saturated rings. The van der Waals surface area contributed by atoms with Crippen molar-refractivity contribution in [1.29, 1.82) is 0 Å². The molecule has 1 heterocycles. The van der Waals surface area contributed by atoms with Gasteiger partial charge in [0, 0.05) is 37.1 Å². The molecule has 0 saturated carbocycles. The van der Waals surface area contributed by atoms with Crippen LogP contribution in [0.4, 0.5) is 0 Å². The van der Waals surface area contributed by atoms with Gasteiger partial charge in [-0.3, -0.25) is 9.59 Å². The third-order valence-corrected chi connectivity index (χ3v) is 5.32.